The molecule has 5 nitrogen and oxygen atoms in total. The van der Waals surface area contributed by atoms with Crippen LogP contribution < -0.4 is 10.6 Å². The second-order valence-corrected chi connectivity index (χ2v) is 6.32. The number of amides is 2. The molecule has 21 heavy (non-hydrogen) atoms. The van der Waals surface area contributed by atoms with E-state index in [9.17, 15) is 14.7 Å². The molecule has 0 fully saturated rings. The fourth-order valence-corrected chi connectivity index (χ4v) is 1.66. The van der Waals surface area contributed by atoms with Crippen molar-refractivity contribution < 1.29 is 14.7 Å². The quantitative estimate of drug-likeness (QED) is 0.772. The highest BCUT2D eigenvalue weighted by Crippen LogP contribution is 2.17. The summed E-state index contributed by atoms with van der Waals surface area (Å²) in [4.78, 5) is 23.4. The predicted molar refractivity (Wildman–Crippen MR) is 82.3 cm³/mol. The van der Waals surface area contributed by atoms with Crippen LogP contribution in [-0.2, 0) is 4.79 Å². The Morgan fingerprint density at radius 3 is 2.52 bits per heavy atom. The van der Waals surface area contributed by atoms with Crippen molar-refractivity contribution >= 4 is 23.4 Å². The molecule has 0 aliphatic rings. The molecule has 1 atom stereocenters. The van der Waals surface area contributed by atoms with E-state index in [1.54, 1.807) is 18.2 Å². The van der Waals surface area contributed by atoms with Crippen LogP contribution >= 0.6 is 11.6 Å². The van der Waals surface area contributed by atoms with E-state index < -0.39 is 6.10 Å². The molecule has 0 saturated carbocycles. The van der Waals surface area contributed by atoms with Gasteiger partial charge in [0, 0.05) is 17.1 Å². The Morgan fingerprint density at radius 1 is 1.29 bits per heavy atom. The van der Waals surface area contributed by atoms with Crippen LogP contribution in [0.5, 0.6) is 0 Å². The van der Waals surface area contributed by atoms with Crippen molar-refractivity contribution in [1.82, 2.24) is 10.6 Å². The number of halogens is 1. The first kappa shape index (κ1) is 17.5. The average molecular weight is 313 g/mol. The first-order valence-corrected chi connectivity index (χ1v) is 7.06. The van der Waals surface area contributed by atoms with Crippen LogP contribution in [0.2, 0.25) is 5.02 Å². The SMILES string of the molecule is CC(C)(C)C(O)CNC(=O)CNC(=O)c1cccc(Cl)c1. The number of carbonyl (C=O) groups is 2. The molecule has 1 aromatic carbocycles. The number of aliphatic hydroxyl groups excluding tert-OH is 1. The smallest absolute Gasteiger partial charge is 0.251 e. The maximum Gasteiger partial charge on any atom is 0.251 e. The maximum atomic E-state index is 11.8. The van der Waals surface area contributed by atoms with Crippen molar-refractivity contribution in [1.29, 1.82) is 0 Å². The third-order valence-electron chi connectivity index (χ3n) is 2.99. The summed E-state index contributed by atoms with van der Waals surface area (Å²) in [5.74, 6) is -0.724. The Labute approximate surface area is 129 Å². The van der Waals surface area contributed by atoms with Crippen LogP contribution in [0.25, 0.3) is 0 Å². The van der Waals surface area contributed by atoms with Crippen LogP contribution in [0, 0.1) is 5.41 Å². The van der Waals surface area contributed by atoms with Gasteiger partial charge in [0.2, 0.25) is 5.91 Å². The van der Waals surface area contributed by atoms with E-state index in [1.807, 2.05) is 20.8 Å². The molecule has 0 saturated heterocycles. The largest absolute Gasteiger partial charge is 0.391 e. The Morgan fingerprint density at radius 2 is 1.95 bits per heavy atom. The highest BCUT2D eigenvalue weighted by Gasteiger charge is 2.22. The second kappa shape index (κ2) is 7.43. The predicted octanol–water partition coefficient (Wildman–Crippen LogP) is 1.59. The number of hydrogen-bond donors (Lipinski definition) is 3. The summed E-state index contributed by atoms with van der Waals surface area (Å²) in [5.41, 5.74) is 0.0853. The molecule has 0 aliphatic heterocycles. The third kappa shape index (κ3) is 6.14. The highest BCUT2D eigenvalue weighted by atomic mass is 35.5. The lowest BCUT2D eigenvalue weighted by Crippen LogP contribution is -2.43. The molecule has 0 spiro atoms. The summed E-state index contributed by atoms with van der Waals surface area (Å²) in [6.45, 7) is 5.64. The van der Waals surface area contributed by atoms with Crippen molar-refractivity contribution in [3.63, 3.8) is 0 Å². The van der Waals surface area contributed by atoms with Crippen LogP contribution in [0.4, 0.5) is 0 Å². The van der Waals surface area contributed by atoms with E-state index in [2.05, 4.69) is 10.6 Å². The lowest BCUT2D eigenvalue weighted by atomic mass is 9.89. The first-order valence-electron chi connectivity index (χ1n) is 6.68. The minimum atomic E-state index is -0.648. The first-order chi connectivity index (χ1) is 9.70. The Hall–Kier alpha value is -1.59. The number of nitrogens with one attached hydrogen (secondary N) is 2. The van der Waals surface area contributed by atoms with Gasteiger partial charge >= 0.3 is 0 Å². The summed E-state index contributed by atoms with van der Waals surface area (Å²) >= 11 is 5.79. The van der Waals surface area contributed by atoms with E-state index in [1.165, 1.54) is 6.07 Å². The standard InChI is InChI=1S/C15H21ClN2O3/c1-15(2,3)12(19)8-17-13(20)9-18-14(21)10-5-4-6-11(16)7-10/h4-7,12,19H,8-9H2,1-3H3,(H,17,20)(H,18,21). The topological polar surface area (TPSA) is 78.4 Å². The zero-order chi connectivity index (χ0) is 16.0. The third-order valence-corrected chi connectivity index (χ3v) is 3.22. The molecule has 0 aliphatic carbocycles. The minimum Gasteiger partial charge on any atom is -0.391 e. The average Bonchev–Trinajstić information content (AvgIpc) is 2.40. The summed E-state index contributed by atoms with van der Waals surface area (Å²) in [6.07, 6.45) is -0.648. The fourth-order valence-electron chi connectivity index (χ4n) is 1.47. The number of aliphatic hydroxyl groups is 1. The number of benzene rings is 1. The fraction of sp³-hybridized carbons (Fsp3) is 0.467. The summed E-state index contributed by atoms with van der Waals surface area (Å²) < 4.78 is 0. The molecule has 1 aromatic rings. The van der Waals surface area contributed by atoms with Crippen molar-refractivity contribution in [2.75, 3.05) is 13.1 Å². The maximum absolute atomic E-state index is 11.8. The van der Waals surface area contributed by atoms with Crippen molar-refractivity contribution in [3.05, 3.63) is 34.9 Å². The Balaban J connectivity index is 2.38. The monoisotopic (exact) mass is 312 g/mol. The zero-order valence-corrected chi connectivity index (χ0v) is 13.2. The molecule has 0 heterocycles. The van der Waals surface area contributed by atoms with Crippen LogP contribution in [0.3, 0.4) is 0 Å². The normalized spacial score (nSPS) is 12.6. The van der Waals surface area contributed by atoms with Gasteiger partial charge in [-0.25, -0.2) is 0 Å². The summed E-state index contributed by atoms with van der Waals surface area (Å²) in [6, 6.07) is 6.47. The van der Waals surface area contributed by atoms with Gasteiger partial charge in [-0.3, -0.25) is 9.59 Å². The van der Waals surface area contributed by atoms with Gasteiger partial charge in [-0.1, -0.05) is 38.4 Å². The molecule has 116 valence electrons. The molecular formula is C15H21ClN2O3. The summed E-state index contributed by atoms with van der Waals surface area (Å²) in [5, 5.41) is 15.3. The van der Waals surface area contributed by atoms with E-state index in [0.717, 1.165) is 0 Å². The second-order valence-electron chi connectivity index (χ2n) is 5.88. The summed E-state index contributed by atoms with van der Waals surface area (Å²) in [7, 11) is 0. The lowest BCUT2D eigenvalue weighted by Gasteiger charge is -2.25. The molecule has 0 aromatic heterocycles. The zero-order valence-electron chi connectivity index (χ0n) is 12.4. The van der Waals surface area contributed by atoms with E-state index in [4.69, 9.17) is 11.6 Å². The van der Waals surface area contributed by atoms with Gasteiger partial charge < -0.3 is 15.7 Å². The van der Waals surface area contributed by atoms with E-state index in [-0.39, 0.29) is 30.3 Å². The lowest BCUT2D eigenvalue weighted by molar-refractivity contribution is -0.120. The molecular weight excluding hydrogens is 292 g/mol. The molecule has 2 amide bonds. The van der Waals surface area contributed by atoms with Gasteiger partial charge in [0.05, 0.1) is 12.6 Å². The van der Waals surface area contributed by atoms with Gasteiger partial charge in [0.25, 0.3) is 5.91 Å². The highest BCUT2D eigenvalue weighted by molar-refractivity contribution is 6.30. The molecule has 1 unspecified atom stereocenters. The van der Waals surface area contributed by atoms with Gasteiger partial charge in [0.1, 0.15) is 0 Å². The van der Waals surface area contributed by atoms with E-state index >= 15 is 0 Å². The van der Waals surface area contributed by atoms with Crippen LogP contribution in [-0.4, -0.2) is 36.1 Å². The van der Waals surface area contributed by atoms with Crippen molar-refractivity contribution in [2.24, 2.45) is 5.41 Å². The van der Waals surface area contributed by atoms with Gasteiger partial charge in [-0.15, -0.1) is 0 Å². The Kier molecular flexibility index (Phi) is 6.18. The number of carbonyl (C=O) groups excluding carboxylic acids is 2. The number of rotatable bonds is 5. The minimum absolute atomic E-state index is 0.148. The molecule has 1 rings (SSSR count). The molecule has 0 radical (unpaired) electrons. The van der Waals surface area contributed by atoms with Crippen LogP contribution in [0.15, 0.2) is 24.3 Å². The molecule has 0 bridgehead atoms. The van der Waals surface area contributed by atoms with Gasteiger partial charge in [-0.05, 0) is 23.6 Å². The molecule has 6 heteroatoms. The molecule has 3 N–H and O–H groups in total. The van der Waals surface area contributed by atoms with Gasteiger partial charge in [-0.2, -0.15) is 0 Å². The van der Waals surface area contributed by atoms with Crippen molar-refractivity contribution in [2.45, 2.75) is 26.9 Å². The Bertz CT molecular complexity index is 512. The number of hydrogen-bond acceptors (Lipinski definition) is 3. The van der Waals surface area contributed by atoms with Gasteiger partial charge in [0.15, 0.2) is 0 Å². The van der Waals surface area contributed by atoms with E-state index in [0.29, 0.717) is 10.6 Å². The van der Waals surface area contributed by atoms with Crippen molar-refractivity contribution in [3.8, 4) is 0 Å². The van der Waals surface area contributed by atoms with Crippen LogP contribution in [0.1, 0.15) is 31.1 Å².